The number of likely N-dealkylation sites (tertiary alicyclic amines) is 1. The van der Waals surface area contributed by atoms with Crippen LogP contribution in [0.25, 0.3) is 5.69 Å². The van der Waals surface area contributed by atoms with Gasteiger partial charge in [-0.15, -0.1) is 0 Å². The first kappa shape index (κ1) is 16.2. The smallest absolute Gasteiger partial charge is 0.253 e. The summed E-state index contributed by atoms with van der Waals surface area (Å²) in [5.41, 5.74) is 9.36. The molecule has 1 aliphatic heterocycles. The molecule has 3 rings (SSSR count). The van der Waals surface area contributed by atoms with Gasteiger partial charge >= 0.3 is 0 Å². The van der Waals surface area contributed by atoms with Crippen LogP contribution >= 0.6 is 15.9 Å². The van der Waals surface area contributed by atoms with E-state index in [1.165, 1.54) is 0 Å². The van der Waals surface area contributed by atoms with E-state index < -0.39 is 0 Å². The van der Waals surface area contributed by atoms with Gasteiger partial charge in [0.2, 0.25) is 0 Å². The number of rotatable bonds is 3. The van der Waals surface area contributed by atoms with E-state index in [0.29, 0.717) is 18.0 Å². The van der Waals surface area contributed by atoms with Gasteiger partial charge < -0.3 is 10.6 Å². The summed E-state index contributed by atoms with van der Waals surface area (Å²) in [4.78, 5) is 14.4. The molecular weight excluding hydrogens is 356 g/mol. The number of amides is 1. The van der Waals surface area contributed by atoms with E-state index in [1.807, 2.05) is 47.7 Å². The fraction of sp³-hybridized carbons (Fsp3) is 0.412. The highest BCUT2D eigenvalue weighted by Crippen LogP contribution is 2.24. The largest absolute Gasteiger partial charge is 0.338 e. The number of hydrogen-bond acceptors (Lipinski definition) is 3. The first-order valence-electron chi connectivity index (χ1n) is 7.82. The molecule has 2 N–H and O–H groups in total. The fourth-order valence-electron chi connectivity index (χ4n) is 3.01. The van der Waals surface area contributed by atoms with Gasteiger partial charge in [-0.25, -0.2) is 4.68 Å². The lowest BCUT2D eigenvalue weighted by Gasteiger charge is -2.16. The number of nitrogens with two attached hydrogens (primary N) is 1. The molecule has 2 aromatic rings. The molecule has 0 bridgehead atoms. The van der Waals surface area contributed by atoms with Crippen molar-refractivity contribution in [2.75, 3.05) is 19.6 Å². The fourth-order valence-corrected chi connectivity index (χ4v) is 3.26. The van der Waals surface area contributed by atoms with Gasteiger partial charge in [-0.05, 0) is 72.9 Å². The number of carbonyl (C=O) groups is 1. The van der Waals surface area contributed by atoms with Crippen LogP contribution in [0, 0.1) is 19.8 Å². The molecule has 0 radical (unpaired) electrons. The quantitative estimate of drug-likeness (QED) is 0.895. The number of carbonyl (C=O) groups excluding carboxylic acids is 1. The van der Waals surface area contributed by atoms with Crippen LogP contribution in [0.1, 0.15) is 28.2 Å². The van der Waals surface area contributed by atoms with Crippen molar-refractivity contribution in [1.82, 2.24) is 14.7 Å². The third kappa shape index (κ3) is 3.05. The van der Waals surface area contributed by atoms with Gasteiger partial charge in [-0.2, -0.15) is 5.10 Å². The van der Waals surface area contributed by atoms with Gasteiger partial charge in [0.25, 0.3) is 5.91 Å². The summed E-state index contributed by atoms with van der Waals surface area (Å²) in [7, 11) is 0. The summed E-state index contributed by atoms with van der Waals surface area (Å²) in [6.45, 7) is 6.19. The average Bonchev–Trinajstić information content (AvgIpc) is 3.15. The molecule has 1 saturated heterocycles. The second kappa shape index (κ2) is 6.45. The number of aryl methyl sites for hydroxylation is 1. The molecule has 23 heavy (non-hydrogen) atoms. The molecule has 122 valence electrons. The van der Waals surface area contributed by atoms with E-state index >= 15 is 0 Å². The summed E-state index contributed by atoms with van der Waals surface area (Å²) in [6, 6.07) is 7.63. The molecule has 0 spiro atoms. The van der Waals surface area contributed by atoms with Crippen LogP contribution in [0.3, 0.4) is 0 Å². The van der Waals surface area contributed by atoms with E-state index in [0.717, 1.165) is 41.1 Å². The summed E-state index contributed by atoms with van der Waals surface area (Å²) in [5.74, 6) is 0.521. The van der Waals surface area contributed by atoms with Crippen LogP contribution in [-0.4, -0.2) is 40.2 Å². The van der Waals surface area contributed by atoms with Crippen molar-refractivity contribution in [3.8, 4) is 5.69 Å². The Morgan fingerprint density at radius 1 is 1.35 bits per heavy atom. The van der Waals surface area contributed by atoms with Gasteiger partial charge in [-0.3, -0.25) is 4.79 Å². The lowest BCUT2D eigenvalue weighted by molar-refractivity contribution is 0.0787. The van der Waals surface area contributed by atoms with E-state index in [4.69, 9.17) is 5.73 Å². The maximum atomic E-state index is 12.5. The highest BCUT2D eigenvalue weighted by molar-refractivity contribution is 9.10. The number of nitrogens with zero attached hydrogens (tertiary/aromatic N) is 3. The minimum atomic E-state index is 0.0852. The molecule has 0 unspecified atom stereocenters. The monoisotopic (exact) mass is 376 g/mol. The standard InChI is InChI=1S/C17H21BrN4O/c1-11-16(18)12(2)22(20-11)15-5-3-14(4-6-15)17(23)21-8-7-13(9-19)10-21/h3-6,13H,7-10,19H2,1-2H3/t13-/m0/s1. The predicted molar refractivity (Wildman–Crippen MR) is 93.8 cm³/mol. The Labute approximate surface area is 144 Å². The van der Waals surface area contributed by atoms with E-state index in [9.17, 15) is 4.79 Å². The Morgan fingerprint density at radius 3 is 2.57 bits per heavy atom. The lowest BCUT2D eigenvalue weighted by atomic mass is 10.1. The Morgan fingerprint density at radius 2 is 2.04 bits per heavy atom. The summed E-state index contributed by atoms with van der Waals surface area (Å²) < 4.78 is 2.90. The lowest BCUT2D eigenvalue weighted by Crippen LogP contribution is -2.29. The van der Waals surface area contributed by atoms with Crippen molar-refractivity contribution < 1.29 is 4.79 Å². The van der Waals surface area contributed by atoms with E-state index in [1.54, 1.807) is 0 Å². The van der Waals surface area contributed by atoms with Crippen molar-refractivity contribution in [1.29, 1.82) is 0 Å². The highest BCUT2D eigenvalue weighted by atomic mass is 79.9. The maximum Gasteiger partial charge on any atom is 0.253 e. The van der Waals surface area contributed by atoms with Crippen molar-refractivity contribution in [2.24, 2.45) is 11.7 Å². The third-order valence-corrected chi connectivity index (χ3v) is 5.62. The zero-order chi connectivity index (χ0) is 16.6. The Kier molecular flexibility index (Phi) is 4.55. The van der Waals surface area contributed by atoms with Crippen molar-refractivity contribution in [3.05, 3.63) is 45.7 Å². The van der Waals surface area contributed by atoms with Crippen LogP contribution in [0.4, 0.5) is 0 Å². The molecular formula is C17H21BrN4O. The topological polar surface area (TPSA) is 64.2 Å². The molecule has 0 saturated carbocycles. The second-order valence-electron chi connectivity index (χ2n) is 6.09. The third-order valence-electron chi connectivity index (χ3n) is 4.47. The van der Waals surface area contributed by atoms with Gasteiger partial charge in [0.05, 0.1) is 21.5 Å². The zero-order valence-electron chi connectivity index (χ0n) is 13.4. The molecule has 2 heterocycles. The Balaban J connectivity index is 1.79. The molecule has 1 aromatic carbocycles. The number of aromatic nitrogens is 2. The predicted octanol–water partition coefficient (Wildman–Crippen LogP) is 2.67. The van der Waals surface area contributed by atoms with Crippen LogP contribution in [-0.2, 0) is 0 Å². The molecule has 1 fully saturated rings. The number of hydrogen-bond donors (Lipinski definition) is 1. The zero-order valence-corrected chi connectivity index (χ0v) is 15.0. The second-order valence-corrected chi connectivity index (χ2v) is 6.88. The molecule has 5 nitrogen and oxygen atoms in total. The normalized spacial score (nSPS) is 17.7. The summed E-state index contributed by atoms with van der Waals surface area (Å²) >= 11 is 3.54. The molecule has 1 amide bonds. The molecule has 1 atom stereocenters. The molecule has 1 aromatic heterocycles. The van der Waals surface area contributed by atoms with Crippen LogP contribution < -0.4 is 5.73 Å². The van der Waals surface area contributed by atoms with Crippen molar-refractivity contribution in [3.63, 3.8) is 0 Å². The molecule has 6 heteroatoms. The van der Waals surface area contributed by atoms with Crippen molar-refractivity contribution in [2.45, 2.75) is 20.3 Å². The number of benzene rings is 1. The minimum Gasteiger partial charge on any atom is -0.338 e. The number of halogens is 1. The SMILES string of the molecule is Cc1nn(-c2ccc(C(=O)N3CC[C@@H](CN)C3)cc2)c(C)c1Br. The first-order chi connectivity index (χ1) is 11.0. The molecule has 1 aliphatic rings. The maximum absolute atomic E-state index is 12.5. The van der Waals surface area contributed by atoms with Gasteiger partial charge in [0.15, 0.2) is 0 Å². The van der Waals surface area contributed by atoms with Crippen LogP contribution in [0.2, 0.25) is 0 Å². The van der Waals surface area contributed by atoms with Crippen LogP contribution in [0.15, 0.2) is 28.7 Å². The Hall–Kier alpha value is -1.66. The van der Waals surface area contributed by atoms with Crippen molar-refractivity contribution >= 4 is 21.8 Å². The highest BCUT2D eigenvalue weighted by Gasteiger charge is 2.26. The van der Waals surface area contributed by atoms with Crippen LogP contribution in [0.5, 0.6) is 0 Å². The van der Waals surface area contributed by atoms with E-state index in [2.05, 4.69) is 21.0 Å². The average molecular weight is 377 g/mol. The summed E-state index contributed by atoms with van der Waals surface area (Å²) in [5, 5.41) is 4.51. The van der Waals surface area contributed by atoms with Gasteiger partial charge in [0, 0.05) is 18.7 Å². The molecule has 0 aliphatic carbocycles. The Bertz CT molecular complexity index is 723. The van der Waals surface area contributed by atoms with E-state index in [-0.39, 0.29) is 5.91 Å². The van der Waals surface area contributed by atoms with Gasteiger partial charge in [-0.1, -0.05) is 0 Å². The summed E-state index contributed by atoms with van der Waals surface area (Å²) in [6.07, 6.45) is 1.00. The minimum absolute atomic E-state index is 0.0852. The van der Waals surface area contributed by atoms with Gasteiger partial charge in [0.1, 0.15) is 0 Å². The first-order valence-corrected chi connectivity index (χ1v) is 8.62.